The Labute approximate surface area is 141 Å². The number of amides is 1. The van der Waals surface area contributed by atoms with Gasteiger partial charge in [-0.3, -0.25) is 4.79 Å². The summed E-state index contributed by atoms with van der Waals surface area (Å²) in [5, 5.41) is 14.4. The van der Waals surface area contributed by atoms with Gasteiger partial charge in [0.1, 0.15) is 5.15 Å². The molecule has 0 atom stereocenters. The Hall–Kier alpha value is -2.51. The van der Waals surface area contributed by atoms with Crippen LogP contribution in [0, 0.1) is 6.92 Å². The van der Waals surface area contributed by atoms with E-state index in [2.05, 4.69) is 25.8 Å². The third-order valence-corrected chi connectivity index (χ3v) is 3.72. The molecule has 0 aliphatic rings. The van der Waals surface area contributed by atoms with Gasteiger partial charge in [-0.1, -0.05) is 29.3 Å². The smallest absolute Gasteiger partial charge is 0.257 e. The van der Waals surface area contributed by atoms with Gasteiger partial charge in [0, 0.05) is 11.9 Å². The minimum Gasteiger partial charge on any atom is -0.322 e. The topological polar surface area (TPSA) is 85.6 Å². The first-order chi connectivity index (χ1) is 11.0. The van der Waals surface area contributed by atoms with E-state index < -0.39 is 0 Å². The zero-order chi connectivity index (χ0) is 16.4. The van der Waals surface area contributed by atoms with Crippen LogP contribution in [0.4, 0.5) is 5.69 Å². The molecule has 1 N–H and O–H groups in total. The molecule has 2 aromatic heterocycles. The molecule has 7 nitrogen and oxygen atoms in total. The van der Waals surface area contributed by atoms with Crippen molar-refractivity contribution in [2.75, 3.05) is 5.32 Å². The molecular weight excluding hydrogens is 339 g/mol. The number of carbonyl (C=O) groups is 1. The highest BCUT2D eigenvalue weighted by atomic mass is 35.5. The van der Waals surface area contributed by atoms with Crippen molar-refractivity contribution in [3.63, 3.8) is 0 Å². The van der Waals surface area contributed by atoms with Crippen molar-refractivity contribution in [3.05, 3.63) is 58.1 Å². The van der Waals surface area contributed by atoms with Crippen LogP contribution >= 0.6 is 23.2 Å². The van der Waals surface area contributed by atoms with Crippen LogP contribution in [0.15, 0.2) is 36.5 Å². The summed E-state index contributed by atoms with van der Waals surface area (Å²) >= 11 is 11.6. The average molecular weight is 349 g/mol. The largest absolute Gasteiger partial charge is 0.322 e. The molecule has 0 spiro atoms. The molecule has 3 rings (SSSR count). The van der Waals surface area contributed by atoms with E-state index in [1.807, 2.05) is 6.07 Å². The van der Waals surface area contributed by atoms with Crippen LogP contribution in [0.3, 0.4) is 0 Å². The maximum absolute atomic E-state index is 12.2. The molecule has 23 heavy (non-hydrogen) atoms. The molecule has 116 valence electrons. The van der Waals surface area contributed by atoms with Gasteiger partial charge in [0.25, 0.3) is 5.91 Å². The lowest BCUT2D eigenvalue weighted by molar-refractivity contribution is 0.102. The van der Waals surface area contributed by atoms with Crippen LogP contribution in [0.1, 0.15) is 16.2 Å². The van der Waals surface area contributed by atoms with Gasteiger partial charge in [-0.05, 0) is 41.6 Å². The Balaban J connectivity index is 1.84. The van der Waals surface area contributed by atoms with Crippen molar-refractivity contribution >= 4 is 34.8 Å². The Morgan fingerprint density at radius 2 is 2.09 bits per heavy atom. The summed E-state index contributed by atoms with van der Waals surface area (Å²) in [4.78, 5) is 16.1. The maximum atomic E-state index is 12.2. The van der Waals surface area contributed by atoms with E-state index in [9.17, 15) is 4.79 Å². The lowest BCUT2D eigenvalue weighted by Crippen LogP contribution is -2.12. The van der Waals surface area contributed by atoms with Gasteiger partial charge in [-0.2, -0.15) is 4.68 Å². The van der Waals surface area contributed by atoms with Crippen LogP contribution in [-0.2, 0) is 0 Å². The Bertz CT molecular complexity index is 879. The van der Waals surface area contributed by atoms with Gasteiger partial charge in [-0.25, -0.2) is 4.98 Å². The zero-order valence-electron chi connectivity index (χ0n) is 11.9. The second-order valence-corrected chi connectivity index (χ2v) is 5.40. The van der Waals surface area contributed by atoms with E-state index in [1.54, 1.807) is 29.8 Å². The maximum Gasteiger partial charge on any atom is 0.257 e. The molecular formula is C14H10Cl2N6O. The van der Waals surface area contributed by atoms with E-state index in [-0.39, 0.29) is 16.1 Å². The number of hydrogen-bond acceptors (Lipinski definition) is 5. The van der Waals surface area contributed by atoms with Gasteiger partial charge in [0.2, 0.25) is 0 Å². The number of rotatable bonds is 3. The molecule has 2 heterocycles. The van der Waals surface area contributed by atoms with E-state index in [0.29, 0.717) is 17.1 Å². The molecule has 0 aliphatic carbocycles. The Kier molecular flexibility index (Phi) is 4.22. The number of tetrazole rings is 1. The van der Waals surface area contributed by atoms with Crippen LogP contribution < -0.4 is 5.32 Å². The first-order valence-corrected chi connectivity index (χ1v) is 7.28. The molecule has 0 radical (unpaired) electrons. The highest BCUT2D eigenvalue weighted by Crippen LogP contribution is 2.21. The average Bonchev–Trinajstić information content (AvgIpc) is 2.96. The molecule has 1 aromatic carbocycles. The predicted molar refractivity (Wildman–Crippen MR) is 86.1 cm³/mol. The number of pyridine rings is 1. The fraction of sp³-hybridized carbons (Fsp3) is 0.0714. The van der Waals surface area contributed by atoms with Crippen LogP contribution in [0.5, 0.6) is 0 Å². The molecule has 0 bridgehead atoms. The summed E-state index contributed by atoms with van der Waals surface area (Å²) in [5.74, 6) is 0.295. The molecule has 0 aliphatic heterocycles. The lowest BCUT2D eigenvalue weighted by atomic mass is 10.2. The van der Waals surface area contributed by atoms with Crippen LogP contribution in [-0.4, -0.2) is 31.1 Å². The summed E-state index contributed by atoms with van der Waals surface area (Å²) in [6.45, 7) is 1.78. The fourth-order valence-corrected chi connectivity index (χ4v) is 2.20. The molecule has 1 amide bonds. The normalized spacial score (nSPS) is 10.6. The molecule has 0 saturated heterocycles. The number of benzene rings is 1. The van der Waals surface area contributed by atoms with Crippen molar-refractivity contribution in [1.29, 1.82) is 0 Å². The summed E-state index contributed by atoms with van der Waals surface area (Å²) in [6, 6.07) is 8.60. The second kappa shape index (κ2) is 6.31. The van der Waals surface area contributed by atoms with Gasteiger partial charge in [0.15, 0.2) is 5.82 Å². The van der Waals surface area contributed by atoms with Crippen molar-refractivity contribution in [1.82, 2.24) is 25.2 Å². The van der Waals surface area contributed by atoms with E-state index in [4.69, 9.17) is 23.2 Å². The van der Waals surface area contributed by atoms with Crippen LogP contribution in [0.25, 0.3) is 5.69 Å². The summed E-state index contributed by atoms with van der Waals surface area (Å²) in [7, 11) is 0. The highest BCUT2D eigenvalue weighted by molar-refractivity contribution is 6.41. The summed E-state index contributed by atoms with van der Waals surface area (Å²) in [6.07, 6.45) is 1.36. The molecule has 0 saturated carbocycles. The van der Waals surface area contributed by atoms with Crippen molar-refractivity contribution in [2.24, 2.45) is 0 Å². The zero-order valence-corrected chi connectivity index (χ0v) is 13.4. The minimum absolute atomic E-state index is 0.152. The first-order valence-electron chi connectivity index (χ1n) is 6.52. The highest BCUT2D eigenvalue weighted by Gasteiger charge is 2.10. The minimum atomic E-state index is -0.346. The van der Waals surface area contributed by atoms with E-state index in [1.165, 1.54) is 12.3 Å². The Morgan fingerprint density at radius 3 is 2.78 bits per heavy atom. The first kappa shape index (κ1) is 15.4. The summed E-state index contributed by atoms with van der Waals surface area (Å²) in [5.41, 5.74) is 1.63. The SMILES string of the molecule is Cc1nnnn1-c1cccc(NC(=O)c2cnc(Cl)c(Cl)c2)c1. The second-order valence-electron chi connectivity index (χ2n) is 4.64. The number of nitrogens with zero attached hydrogens (tertiary/aromatic N) is 5. The number of aryl methyl sites for hydroxylation is 1. The molecule has 3 aromatic rings. The fourth-order valence-electron chi connectivity index (χ4n) is 1.93. The monoisotopic (exact) mass is 348 g/mol. The molecule has 0 fully saturated rings. The third kappa shape index (κ3) is 3.30. The van der Waals surface area contributed by atoms with Gasteiger partial charge in [-0.15, -0.1) is 5.10 Å². The van der Waals surface area contributed by atoms with E-state index >= 15 is 0 Å². The predicted octanol–water partition coefficient (Wildman–Crippen LogP) is 2.92. The number of hydrogen-bond donors (Lipinski definition) is 1. The van der Waals surface area contributed by atoms with Gasteiger partial charge >= 0.3 is 0 Å². The number of anilines is 1. The third-order valence-electron chi connectivity index (χ3n) is 3.03. The standard InChI is InChI=1S/C14H10Cl2N6O/c1-8-19-20-21-22(8)11-4-2-3-10(6-11)18-14(23)9-5-12(15)13(16)17-7-9/h2-7H,1H3,(H,18,23). The number of carbonyl (C=O) groups excluding carboxylic acids is 1. The van der Waals surface area contributed by atoms with Gasteiger partial charge in [0.05, 0.1) is 16.3 Å². The van der Waals surface area contributed by atoms with Crippen molar-refractivity contribution in [2.45, 2.75) is 6.92 Å². The quantitative estimate of drug-likeness (QED) is 0.735. The lowest BCUT2D eigenvalue weighted by Gasteiger charge is -2.08. The molecule has 9 heteroatoms. The van der Waals surface area contributed by atoms with Crippen molar-refractivity contribution < 1.29 is 4.79 Å². The molecule has 0 unspecified atom stereocenters. The number of nitrogens with one attached hydrogen (secondary N) is 1. The van der Waals surface area contributed by atoms with E-state index in [0.717, 1.165) is 5.69 Å². The van der Waals surface area contributed by atoms with Crippen molar-refractivity contribution in [3.8, 4) is 5.69 Å². The summed E-state index contributed by atoms with van der Waals surface area (Å²) < 4.78 is 1.57. The number of halogens is 2. The Morgan fingerprint density at radius 1 is 1.26 bits per heavy atom. The van der Waals surface area contributed by atoms with Crippen LogP contribution in [0.2, 0.25) is 10.2 Å². The number of aromatic nitrogens is 5. The van der Waals surface area contributed by atoms with Gasteiger partial charge < -0.3 is 5.32 Å².